The van der Waals surface area contributed by atoms with Crippen LogP contribution in [0.25, 0.3) is 16.5 Å². The van der Waals surface area contributed by atoms with Crippen LogP contribution in [0.15, 0.2) is 58.9 Å². The van der Waals surface area contributed by atoms with Gasteiger partial charge in [-0.25, -0.2) is 14.6 Å². The molecule has 0 spiro atoms. The van der Waals surface area contributed by atoms with Gasteiger partial charge in [-0.1, -0.05) is 18.2 Å². The molecule has 1 atom stereocenters. The Labute approximate surface area is 166 Å². The van der Waals surface area contributed by atoms with Crippen LogP contribution in [-0.2, 0) is 11.2 Å². The highest BCUT2D eigenvalue weighted by atomic mass is 32.1. The van der Waals surface area contributed by atoms with Crippen LogP contribution in [0.2, 0.25) is 0 Å². The molecule has 142 valence electrons. The standard InChI is InChI=1S/C20H19N5O2S/c1-13(15-5-7-16(8-6-15)25-12-21-11-22-25)23-19(26)10-17-14(2)27-20(24-17)18-4-3-9-28-18/h3-9,11-13H,10H2,1-2H3,(H,23,26). The molecule has 7 nitrogen and oxygen atoms in total. The molecule has 3 aromatic heterocycles. The summed E-state index contributed by atoms with van der Waals surface area (Å²) in [5.74, 6) is 1.14. The van der Waals surface area contributed by atoms with Gasteiger partial charge in [-0.15, -0.1) is 11.3 Å². The lowest BCUT2D eigenvalue weighted by Crippen LogP contribution is -2.28. The van der Waals surface area contributed by atoms with Gasteiger partial charge in [0.2, 0.25) is 11.8 Å². The van der Waals surface area contributed by atoms with E-state index in [2.05, 4.69) is 20.4 Å². The Balaban J connectivity index is 1.40. The Morgan fingerprint density at radius 2 is 2.11 bits per heavy atom. The Morgan fingerprint density at radius 3 is 2.79 bits per heavy atom. The highest BCUT2D eigenvalue weighted by Crippen LogP contribution is 2.26. The van der Waals surface area contributed by atoms with Crippen molar-refractivity contribution in [3.8, 4) is 16.5 Å². The van der Waals surface area contributed by atoms with Crippen molar-refractivity contribution in [3.05, 3.63) is 71.5 Å². The van der Waals surface area contributed by atoms with Crippen molar-refractivity contribution in [2.24, 2.45) is 0 Å². The van der Waals surface area contributed by atoms with E-state index in [1.165, 1.54) is 6.33 Å². The van der Waals surface area contributed by atoms with Crippen LogP contribution in [-0.4, -0.2) is 25.7 Å². The van der Waals surface area contributed by atoms with Crippen molar-refractivity contribution in [3.63, 3.8) is 0 Å². The number of aryl methyl sites for hydroxylation is 1. The number of rotatable bonds is 6. The molecule has 0 aliphatic heterocycles. The van der Waals surface area contributed by atoms with E-state index >= 15 is 0 Å². The predicted molar refractivity (Wildman–Crippen MR) is 106 cm³/mol. The van der Waals surface area contributed by atoms with Gasteiger partial charge in [-0.2, -0.15) is 5.10 Å². The minimum absolute atomic E-state index is 0.0954. The summed E-state index contributed by atoms with van der Waals surface area (Å²) in [6, 6.07) is 11.6. The number of nitrogens with zero attached hydrogens (tertiary/aromatic N) is 4. The topological polar surface area (TPSA) is 85.8 Å². The smallest absolute Gasteiger partial charge is 0.236 e. The molecule has 0 saturated heterocycles. The number of oxazole rings is 1. The molecule has 0 saturated carbocycles. The molecule has 4 aromatic rings. The lowest BCUT2D eigenvalue weighted by atomic mass is 10.1. The second-order valence-electron chi connectivity index (χ2n) is 6.40. The molecule has 4 rings (SSSR count). The fourth-order valence-corrected chi connectivity index (χ4v) is 3.53. The first-order chi connectivity index (χ1) is 13.6. The molecule has 8 heteroatoms. The third-order valence-electron chi connectivity index (χ3n) is 4.41. The summed E-state index contributed by atoms with van der Waals surface area (Å²) < 4.78 is 7.39. The number of nitrogens with one attached hydrogen (secondary N) is 1. The summed E-state index contributed by atoms with van der Waals surface area (Å²) >= 11 is 1.56. The maximum atomic E-state index is 12.5. The van der Waals surface area contributed by atoms with Gasteiger partial charge in [-0.3, -0.25) is 4.79 Å². The summed E-state index contributed by atoms with van der Waals surface area (Å²) in [6.45, 7) is 3.79. The van der Waals surface area contributed by atoms with Gasteiger partial charge < -0.3 is 9.73 Å². The van der Waals surface area contributed by atoms with Crippen LogP contribution >= 0.6 is 11.3 Å². The lowest BCUT2D eigenvalue weighted by molar-refractivity contribution is -0.121. The highest BCUT2D eigenvalue weighted by molar-refractivity contribution is 7.13. The summed E-state index contributed by atoms with van der Waals surface area (Å²) in [5, 5.41) is 9.09. The predicted octanol–water partition coefficient (Wildman–Crippen LogP) is 3.71. The van der Waals surface area contributed by atoms with Crippen LogP contribution in [0.4, 0.5) is 0 Å². The van der Waals surface area contributed by atoms with Gasteiger partial charge in [0, 0.05) is 0 Å². The zero-order valence-corrected chi connectivity index (χ0v) is 16.3. The van der Waals surface area contributed by atoms with E-state index in [4.69, 9.17) is 4.42 Å². The highest BCUT2D eigenvalue weighted by Gasteiger charge is 2.17. The molecule has 1 amide bonds. The molecule has 1 unspecified atom stereocenters. The van der Waals surface area contributed by atoms with Crippen molar-refractivity contribution >= 4 is 17.2 Å². The van der Waals surface area contributed by atoms with Crippen LogP contribution in [0.1, 0.15) is 30.0 Å². The molecule has 0 radical (unpaired) electrons. The van der Waals surface area contributed by atoms with Crippen LogP contribution in [0.3, 0.4) is 0 Å². The van der Waals surface area contributed by atoms with E-state index in [1.807, 2.05) is 55.6 Å². The summed E-state index contributed by atoms with van der Waals surface area (Å²) in [6.07, 6.45) is 3.32. The van der Waals surface area contributed by atoms with Crippen molar-refractivity contribution in [1.82, 2.24) is 25.1 Å². The van der Waals surface area contributed by atoms with Crippen LogP contribution in [0, 0.1) is 6.92 Å². The second kappa shape index (κ2) is 7.77. The maximum absolute atomic E-state index is 12.5. The number of carbonyl (C=O) groups excluding carboxylic acids is 1. The third-order valence-corrected chi connectivity index (χ3v) is 5.26. The number of hydrogen-bond acceptors (Lipinski definition) is 6. The van der Waals surface area contributed by atoms with E-state index in [9.17, 15) is 4.79 Å². The van der Waals surface area contributed by atoms with Gasteiger partial charge in [0.1, 0.15) is 18.4 Å². The quantitative estimate of drug-likeness (QED) is 0.540. The fraction of sp³-hybridized carbons (Fsp3) is 0.200. The molecule has 3 heterocycles. The van der Waals surface area contributed by atoms with Crippen LogP contribution in [0.5, 0.6) is 0 Å². The average Bonchev–Trinajstić information content (AvgIpc) is 3.45. The minimum Gasteiger partial charge on any atom is -0.440 e. The summed E-state index contributed by atoms with van der Waals surface area (Å²) in [7, 11) is 0. The van der Waals surface area contributed by atoms with Crippen molar-refractivity contribution < 1.29 is 9.21 Å². The molecule has 0 aliphatic rings. The van der Waals surface area contributed by atoms with E-state index in [-0.39, 0.29) is 18.4 Å². The first kappa shape index (κ1) is 18.1. The molecule has 1 aromatic carbocycles. The van der Waals surface area contributed by atoms with E-state index < -0.39 is 0 Å². The number of benzene rings is 1. The van der Waals surface area contributed by atoms with E-state index in [1.54, 1.807) is 22.3 Å². The lowest BCUT2D eigenvalue weighted by Gasteiger charge is -2.14. The molecule has 1 N–H and O–H groups in total. The molecule has 0 aliphatic carbocycles. The maximum Gasteiger partial charge on any atom is 0.236 e. The Kier molecular flexibility index (Phi) is 5.03. The Hall–Kier alpha value is -3.26. The van der Waals surface area contributed by atoms with Gasteiger partial charge in [-0.05, 0) is 43.0 Å². The molecule has 28 heavy (non-hydrogen) atoms. The normalized spacial score (nSPS) is 12.1. The van der Waals surface area contributed by atoms with E-state index in [0.717, 1.165) is 16.1 Å². The SMILES string of the molecule is Cc1oc(-c2cccs2)nc1CC(=O)NC(C)c1ccc(-n2cncn2)cc1. The van der Waals surface area contributed by atoms with Gasteiger partial charge in [0.15, 0.2) is 0 Å². The summed E-state index contributed by atoms with van der Waals surface area (Å²) in [5.41, 5.74) is 2.59. The number of carbonyl (C=O) groups is 1. The van der Waals surface area contributed by atoms with Gasteiger partial charge in [0.25, 0.3) is 0 Å². The van der Waals surface area contributed by atoms with Crippen LogP contribution < -0.4 is 5.32 Å². The van der Waals surface area contributed by atoms with Gasteiger partial charge in [0.05, 0.1) is 28.7 Å². The van der Waals surface area contributed by atoms with Gasteiger partial charge >= 0.3 is 0 Å². The molecular formula is C20H19N5O2S. The minimum atomic E-state index is -0.124. The summed E-state index contributed by atoms with van der Waals surface area (Å²) in [4.78, 5) is 21.9. The second-order valence-corrected chi connectivity index (χ2v) is 7.34. The third kappa shape index (κ3) is 3.86. The fourth-order valence-electron chi connectivity index (χ4n) is 2.88. The first-order valence-corrected chi connectivity index (χ1v) is 9.72. The monoisotopic (exact) mass is 393 g/mol. The Morgan fingerprint density at radius 1 is 1.29 bits per heavy atom. The number of aromatic nitrogens is 4. The first-order valence-electron chi connectivity index (χ1n) is 8.84. The molecular weight excluding hydrogens is 374 g/mol. The largest absolute Gasteiger partial charge is 0.440 e. The number of hydrogen-bond donors (Lipinski definition) is 1. The van der Waals surface area contributed by atoms with Crippen molar-refractivity contribution in [2.75, 3.05) is 0 Å². The molecule has 0 fully saturated rings. The van der Waals surface area contributed by atoms with E-state index in [0.29, 0.717) is 17.3 Å². The van der Waals surface area contributed by atoms with Crippen molar-refractivity contribution in [2.45, 2.75) is 26.3 Å². The number of amides is 1. The Bertz CT molecular complexity index is 1050. The number of thiophene rings is 1. The zero-order valence-electron chi connectivity index (χ0n) is 15.5. The average molecular weight is 393 g/mol. The zero-order chi connectivity index (χ0) is 19.5. The molecule has 0 bridgehead atoms. The van der Waals surface area contributed by atoms with Crippen molar-refractivity contribution in [1.29, 1.82) is 0 Å².